The summed E-state index contributed by atoms with van der Waals surface area (Å²) in [5.41, 5.74) is 0. The smallest absolute Gasteiger partial charge is 0.247 e. The van der Waals surface area contributed by atoms with E-state index < -0.39 is 0 Å². The topological polar surface area (TPSA) is 20.3 Å². The van der Waals surface area contributed by atoms with Gasteiger partial charge in [-0.3, -0.25) is 4.79 Å². The Morgan fingerprint density at radius 3 is 1.93 bits per heavy atom. The molecule has 80 valence electrons. The van der Waals surface area contributed by atoms with Crippen molar-refractivity contribution >= 4 is 5.91 Å². The summed E-state index contributed by atoms with van der Waals surface area (Å²) < 4.78 is 0. The molecule has 0 aromatic heterocycles. The minimum absolute atomic E-state index is 0.0769. The maximum absolute atomic E-state index is 11.7. The van der Waals surface area contributed by atoms with Gasteiger partial charge in [-0.05, 0) is 34.6 Å². The predicted molar refractivity (Wildman–Crippen MR) is 61.1 cm³/mol. The first-order valence-electron chi connectivity index (χ1n) is 5.12. The molecule has 1 amide bonds. The van der Waals surface area contributed by atoms with Crippen LogP contribution in [0.15, 0.2) is 24.3 Å². The Morgan fingerprint density at radius 2 is 1.57 bits per heavy atom. The maximum atomic E-state index is 11.7. The molecule has 0 aromatic carbocycles. The summed E-state index contributed by atoms with van der Waals surface area (Å²) in [4.78, 5) is 13.6. The maximum Gasteiger partial charge on any atom is 0.247 e. The van der Waals surface area contributed by atoms with Gasteiger partial charge in [0.05, 0.1) is 0 Å². The van der Waals surface area contributed by atoms with Gasteiger partial charge in [0.2, 0.25) is 5.91 Å². The van der Waals surface area contributed by atoms with Gasteiger partial charge >= 0.3 is 0 Å². The molecule has 2 nitrogen and oxygen atoms in total. The van der Waals surface area contributed by atoms with Gasteiger partial charge in [-0.15, -0.1) is 0 Å². The molecule has 0 heterocycles. The van der Waals surface area contributed by atoms with Crippen LogP contribution in [-0.4, -0.2) is 22.9 Å². The monoisotopic (exact) mass is 195 g/mol. The normalized spacial score (nSPS) is 12.2. The lowest BCUT2D eigenvalue weighted by atomic mass is 10.2. The molecule has 0 aliphatic rings. The van der Waals surface area contributed by atoms with Gasteiger partial charge in [0.15, 0.2) is 0 Å². The summed E-state index contributed by atoms with van der Waals surface area (Å²) in [6, 6.07) is 0.496. The fourth-order valence-electron chi connectivity index (χ4n) is 1.44. The number of hydrogen-bond acceptors (Lipinski definition) is 1. The van der Waals surface area contributed by atoms with Crippen molar-refractivity contribution in [1.29, 1.82) is 0 Å². The summed E-state index contributed by atoms with van der Waals surface area (Å²) in [6.07, 6.45) is 7.15. The van der Waals surface area contributed by atoms with Crippen LogP contribution in [0, 0.1) is 0 Å². The van der Waals surface area contributed by atoms with Crippen molar-refractivity contribution in [3.63, 3.8) is 0 Å². The highest BCUT2D eigenvalue weighted by Gasteiger charge is 2.16. The quantitative estimate of drug-likeness (QED) is 0.499. The van der Waals surface area contributed by atoms with Crippen molar-refractivity contribution in [2.24, 2.45) is 0 Å². The van der Waals surface area contributed by atoms with Crippen molar-refractivity contribution < 1.29 is 4.79 Å². The first kappa shape index (κ1) is 12.9. The highest BCUT2D eigenvalue weighted by molar-refractivity contribution is 5.88. The first-order chi connectivity index (χ1) is 6.50. The Bertz CT molecular complexity index is 218. The van der Waals surface area contributed by atoms with Gasteiger partial charge in [0.1, 0.15) is 0 Å². The lowest BCUT2D eigenvalue weighted by Crippen LogP contribution is -2.41. The number of amides is 1. The summed E-state index contributed by atoms with van der Waals surface area (Å²) in [7, 11) is 0. The Morgan fingerprint density at radius 1 is 1.07 bits per heavy atom. The second-order valence-corrected chi connectivity index (χ2v) is 3.82. The number of rotatable bonds is 4. The number of allylic oxidation sites excluding steroid dienone is 3. The molecular weight excluding hydrogens is 174 g/mol. The Balaban J connectivity index is 4.45. The summed E-state index contributed by atoms with van der Waals surface area (Å²) >= 11 is 0. The van der Waals surface area contributed by atoms with Gasteiger partial charge in [0.25, 0.3) is 0 Å². The SMILES string of the molecule is C/C=C/C=C/C(=O)N(C(C)C)C(C)C. The van der Waals surface area contributed by atoms with Crippen LogP contribution >= 0.6 is 0 Å². The van der Waals surface area contributed by atoms with Crippen molar-refractivity contribution in [2.75, 3.05) is 0 Å². The third-order valence-electron chi connectivity index (χ3n) is 1.91. The molecule has 0 spiro atoms. The van der Waals surface area contributed by atoms with E-state index in [1.54, 1.807) is 12.2 Å². The lowest BCUT2D eigenvalue weighted by molar-refractivity contribution is -0.129. The number of nitrogens with zero attached hydrogens (tertiary/aromatic N) is 1. The third-order valence-corrected chi connectivity index (χ3v) is 1.91. The molecule has 0 atom stereocenters. The van der Waals surface area contributed by atoms with E-state index in [0.717, 1.165) is 0 Å². The van der Waals surface area contributed by atoms with E-state index >= 15 is 0 Å². The van der Waals surface area contributed by atoms with Crippen LogP contribution in [0.4, 0.5) is 0 Å². The van der Waals surface area contributed by atoms with Gasteiger partial charge in [0, 0.05) is 18.2 Å². The van der Waals surface area contributed by atoms with E-state index in [2.05, 4.69) is 0 Å². The second-order valence-electron chi connectivity index (χ2n) is 3.82. The van der Waals surface area contributed by atoms with Crippen molar-refractivity contribution in [2.45, 2.75) is 46.7 Å². The zero-order valence-electron chi connectivity index (χ0n) is 9.82. The first-order valence-corrected chi connectivity index (χ1v) is 5.12. The number of carbonyl (C=O) groups is 1. The fourth-order valence-corrected chi connectivity index (χ4v) is 1.44. The Kier molecular flexibility index (Phi) is 5.93. The molecule has 14 heavy (non-hydrogen) atoms. The van der Waals surface area contributed by atoms with Gasteiger partial charge in [-0.1, -0.05) is 18.2 Å². The minimum atomic E-state index is 0.0769. The van der Waals surface area contributed by atoms with Crippen LogP contribution in [0.25, 0.3) is 0 Å². The zero-order valence-corrected chi connectivity index (χ0v) is 9.82. The Hall–Kier alpha value is -1.05. The molecule has 0 radical (unpaired) electrons. The van der Waals surface area contributed by atoms with E-state index in [-0.39, 0.29) is 18.0 Å². The van der Waals surface area contributed by atoms with Crippen LogP contribution in [0.5, 0.6) is 0 Å². The van der Waals surface area contributed by atoms with Gasteiger partial charge in [-0.2, -0.15) is 0 Å². The lowest BCUT2D eigenvalue weighted by Gasteiger charge is -2.29. The van der Waals surface area contributed by atoms with E-state index in [1.807, 2.05) is 51.7 Å². The molecule has 0 rings (SSSR count). The second kappa shape index (κ2) is 6.41. The highest BCUT2D eigenvalue weighted by Crippen LogP contribution is 2.05. The van der Waals surface area contributed by atoms with Crippen LogP contribution in [0.1, 0.15) is 34.6 Å². The van der Waals surface area contributed by atoms with Crippen molar-refractivity contribution in [1.82, 2.24) is 4.90 Å². The van der Waals surface area contributed by atoms with Crippen molar-refractivity contribution in [3.8, 4) is 0 Å². The van der Waals surface area contributed by atoms with Crippen LogP contribution in [0.2, 0.25) is 0 Å². The molecule has 0 saturated carbocycles. The minimum Gasteiger partial charge on any atom is -0.334 e. The molecule has 0 aliphatic carbocycles. The van der Waals surface area contributed by atoms with Crippen LogP contribution in [-0.2, 0) is 4.79 Å². The molecule has 0 bridgehead atoms. The molecule has 0 N–H and O–H groups in total. The van der Waals surface area contributed by atoms with E-state index in [4.69, 9.17) is 0 Å². The van der Waals surface area contributed by atoms with E-state index in [1.165, 1.54) is 0 Å². The molecule has 0 fully saturated rings. The predicted octanol–water partition coefficient (Wildman–Crippen LogP) is 2.76. The molecule has 0 aromatic rings. The van der Waals surface area contributed by atoms with Crippen LogP contribution in [0.3, 0.4) is 0 Å². The average molecular weight is 195 g/mol. The fraction of sp³-hybridized carbons (Fsp3) is 0.583. The third kappa shape index (κ3) is 4.26. The summed E-state index contributed by atoms with van der Waals surface area (Å²) in [6.45, 7) is 10.0. The molecular formula is C12H21NO. The van der Waals surface area contributed by atoms with Gasteiger partial charge < -0.3 is 4.90 Å². The largest absolute Gasteiger partial charge is 0.334 e. The van der Waals surface area contributed by atoms with Gasteiger partial charge in [-0.25, -0.2) is 0 Å². The molecule has 2 heteroatoms. The average Bonchev–Trinajstić information content (AvgIpc) is 2.03. The Labute approximate surface area is 87.3 Å². The van der Waals surface area contributed by atoms with Crippen molar-refractivity contribution in [3.05, 3.63) is 24.3 Å². The number of carbonyl (C=O) groups excluding carboxylic acids is 1. The molecule has 0 aliphatic heterocycles. The van der Waals surface area contributed by atoms with Crippen LogP contribution < -0.4 is 0 Å². The zero-order chi connectivity index (χ0) is 11.1. The van der Waals surface area contributed by atoms with E-state index in [0.29, 0.717) is 0 Å². The summed E-state index contributed by atoms with van der Waals surface area (Å²) in [5, 5.41) is 0. The van der Waals surface area contributed by atoms with E-state index in [9.17, 15) is 4.79 Å². The molecule has 0 unspecified atom stereocenters. The standard InChI is InChI=1S/C12H21NO/c1-6-7-8-9-12(14)13(10(2)3)11(4)5/h6-11H,1-5H3/b7-6+,9-8+. The summed E-state index contributed by atoms with van der Waals surface area (Å²) in [5.74, 6) is 0.0769. The number of hydrogen-bond donors (Lipinski definition) is 0. The molecule has 0 saturated heterocycles. The highest BCUT2D eigenvalue weighted by atomic mass is 16.2.